The Bertz CT molecular complexity index is 149. The van der Waals surface area contributed by atoms with Crippen molar-refractivity contribution in [2.75, 3.05) is 0 Å². The zero-order chi connectivity index (χ0) is 8.48. The van der Waals surface area contributed by atoms with Gasteiger partial charge in [0.2, 0.25) is 0 Å². The highest BCUT2D eigenvalue weighted by Crippen LogP contribution is 2.53. The van der Waals surface area contributed by atoms with Crippen molar-refractivity contribution in [2.24, 2.45) is 17.1 Å². The first-order valence-electron chi connectivity index (χ1n) is 4.44. The van der Waals surface area contributed by atoms with Crippen LogP contribution in [0, 0.1) is 11.3 Å². The lowest BCUT2D eigenvalue weighted by molar-refractivity contribution is 0.460. The van der Waals surface area contributed by atoms with Gasteiger partial charge >= 0.3 is 0 Å². The van der Waals surface area contributed by atoms with E-state index in [1.165, 1.54) is 6.42 Å². The molecule has 1 saturated carbocycles. The minimum Gasteiger partial charge on any atom is -0.327 e. The number of nitrogens with two attached hydrogens (primary N) is 1. The van der Waals surface area contributed by atoms with Crippen LogP contribution < -0.4 is 5.73 Å². The molecule has 2 unspecified atom stereocenters. The monoisotopic (exact) mass is 153 g/mol. The zero-order valence-corrected chi connectivity index (χ0v) is 7.64. The lowest BCUT2D eigenvalue weighted by Gasteiger charge is -2.11. The number of allylic oxidation sites excluding steroid dienone is 1. The summed E-state index contributed by atoms with van der Waals surface area (Å²) in [5.41, 5.74) is 6.52. The second-order valence-electron chi connectivity index (χ2n) is 4.33. The standard InChI is InChI=1S/C10H19N/c1-4-5-6-9(11)8-7-10(8,2)3/h4,8-9H,1,5-7,11H2,2-3H3. The number of rotatable bonds is 4. The van der Waals surface area contributed by atoms with E-state index in [-0.39, 0.29) is 0 Å². The summed E-state index contributed by atoms with van der Waals surface area (Å²) in [6.07, 6.45) is 5.44. The van der Waals surface area contributed by atoms with Crippen molar-refractivity contribution in [3.8, 4) is 0 Å². The van der Waals surface area contributed by atoms with Gasteiger partial charge < -0.3 is 5.73 Å². The molecule has 0 saturated heterocycles. The molecule has 1 fully saturated rings. The molecule has 11 heavy (non-hydrogen) atoms. The highest BCUT2D eigenvalue weighted by molar-refractivity contribution is 5.00. The normalized spacial score (nSPS) is 29.5. The molecule has 0 spiro atoms. The number of hydrogen-bond donors (Lipinski definition) is 1. The molecule has 0 aromatic heterocycles. The maximum Gasteiger partial charge on any atom is 0.00754 e. The van der Waals surface area contributed by atoms with Gasteiger partial charge in [0.15, 0.2) is 0 Å². The Hall–Kier alpha value is -0.300. The van der Waals surface area contributed by atoms with E-state index in [1.807, 2.05) is 6.08 Å². The fourth-order valence-corrected chi connectivity index (χ4v) is 1.75. The van der Waals surface area contributed by atoms with Gasteiger partial charge in [-0.1, -0.05) is 19.9 Å². The largest absolute Gasteiger partial charge is 0.327 e. The highest BCUT2D eigenvalue weighted by atomic mass is 14.7. The molecule has 0 amide bonds. The number of hydrogen-bond acceptors (Lipinski definition) is 1. The van der Waals surface area contributed by atoms with Gasteiger partial charge in [0.05, 0.1) is 0 Å². The van der Waals surface area contributed by atoms with Crippen molar-refractivity contribution in [1.29, 1.82) is 0 Å². The lowest BCUT2D eigenvalue weighted by Crippen LogP contribution is -2.24. The Morgan fingerprint density at radius 1 is 1.73 bits per heavy atom. The fourth-order valence-electron chi connectivity index (χ4n) is 1.75. The minimum absolute atomic E-state index is 0.406. The summed E-state index contributed by atoms with van der Waals surface area (Å²) >= 11 is 0. The molecule has 1 heteroatoms. The van der Waals surface area contributed by atoms with Crippen molar-refractivity contribution in [2.45, 2.75) is 39.2 Å². The molecule has 0 aromatic carbocycles. The lowest BCUT2D eigenvalue weighted by atomic mass is 10.0. The van der Waals surface area contributed by atoms with E-state index in [9.17, 15) is 0 Å². The van der Waals surface area contributed by atoms with E-state index in [0.29, 0.717) is 11.5 Å². The van der Waals surface area contributed by atoms with Crippen molar-refractivity contribution in [1.82, 2.24) is 0 Å². The molecule has 1 aliphatic rings. The van der Waals surface area contributed by atoms with E-state index in [4.69, 9.17) is 5.73 Å². The highest BCUT2D eigenvalue weighted by Gasteiger charge is 2.48. The third kappa shape index (κ3) is 2.06. The van der Waals surface area contributed by atoms with Crippen LogP contribution in [-0.4, -0.2) is 6.04 Å². The van der Waals surface area contributed by atoms with Gasteiger partial charge in [0.1, 0.15) is 0 Å². The van der Waals surface area contributed by atoms with Crippen LogP contribution in [0.2, 0.25) is 0 Å². The van der Waals surface area contributed by atoms with Gasteiger partial charge in [-0.3, -0.25) is 0 Å². The third-order valence-corrected chi connectivity index (χ3v) is 2.81. The van der Waals surface area contributed by atoms with Gasteiger partial charge in [-0.05, 0) is 30.6 Å². The summed E-state index contributed by atoms with van der Waals surface area (Å²) in [6.45, 7) is 8.29. The van der Waals surface area contributed by atoms with E-state index in [1.54, 1.807) is 0 Å². The third-order valence-electron chi connectivity index (χ3n) is 2.81. The fraction of sp³-hybridized carbons (Fsp3) is 0.800. The van der Waals surface area contributed by atoms with Gasteiger partial charge in [-0.25, -0.2) is 0 Å². The minimum atomic E-state index is 0.406. The predicted octanol–water partition coefficient (Wildman–Crippen LogP) is 2.33. The Kier molecular flexibility index (Phi) is 2.38. The van der Waals surface area contributed by atoms with Crippen LogP contribution in [-0.2, 0) is 0 Å². The maximum atomic E-state index is 5.99. The van der Waals surface area contributed by atoms with Crippen LogP contribution in [0.5, 0.6) is 0 Å². The summed E-state index contributed by atoms with van der Waals surface area (Å²) in [6, 6.07) is 0.406. The molecule has 0 aliphatic heterocycles. The first kappa shape index (κ1) is 8.79. The van der Waals surface area contributed by atoms with Gasteiger partial charge in [-0.15, -0.1) is 6.58 Å². The molecule has 1 rings (SSSR count). The van der Waals surface area contributed by atoms with E-state index >= 15 is 0 Å². The van der Waals surface area contributed by atoms with Crippen molar-refractivity contribution in [3.63, 3.8) is 0 Å². The summed E-state index contributed by atoms with van der Waals surface area (Å²) in [5, 5.41) is 0. The Morgan fingerprint density at radius 3 is 2.64 bits per heavy atom. The van der Waals surface area contributed by atoms with Gasteiger partial charge in [0.25, 0.3) is 0 Å². The van der Waals surface area contributed by atoms with E-state index in [0.717, 1.165) is 18.8 Å². The maximum absolute atomic E-state index is 5.99. The first-order chi connectivity index (χ1) is 5.08. The smallest absolute Gasteiger partial charge is 0.00754 e. The molecule has 2 N–H and O–H groups in total. The SMILES string of the molecule is C=CCCC(N)C1CC1(C)C. The van der Waals surface area contributed by atoms with Crippen molar-refractivity contribution >= 4 is 0 Å². The van der Waals surface area contributed by atoms with Gasteiger partial charge in [0, 0.05) is 6.04 Å². The predicted molar refractivity (Wildman–Crippen MR) is 49.3 cm³/mol. The second kappa shape index (κ2) is 2.98. The second-order valence-corrected chi connectivity index (χ2v) is 4.33. The summed E-state index contributed by atoms with van der Waals surface area (Å²) in [7, 11) is 0. The molecule has 0 bridgehead atoms. The van der Waals surface area contributed by atoms with E-state index in [2.05, 4.69) is 20.4 Å². The molecule has 0 aromatic rings. The molecule has 2 atom stereocenters. The van der Waals surface area contributed by atoms with Crippen LogP contribution >= 0.6 is 0 Å². The van der Waals surface area contributed by atoms with E-state index < -0.39 is 0 Å². The molecular formula is C10H19N. The average Bonchev–Trinajstić information content (AvgIpc) is 2.55. The average molecular weight is 153 g/mol. The molecule has 0 radical (unpaired) electrons. The topological polar surface area (TPSA) is 26.0 Å². The summed E-state index contributed by atoms with van der Waals surface area (Å²) < 4.78 is 0. The summed E-state index contributed by atoms with van der Waals surface area (Å²) in [4.78, 5) is 0. The Morgan fingerprint density at radius 2 is 2.27 bits per heavy atom. The Balaban J connectivity index is 2.22. The van der Waals surface area contributed by atoms with Crippen LogP contribution in [0.25, 0.3) is 0 Å². The van der Waals surface area contributed by atoms with Crippen LogP contribution in [0.15, 0.2) is 12.7 Å². The molecule has 64 valence electrons. The van der Waals surface area contributed by atoms with Crippen molar-refractivity contribution in [3.05, 3.63) is 12.7 Å². The van der Waals surface area contributed by atoms with Crippen LogP contribution in [0.3, 0.4) is 0 Å². The van der Waals surface area contributed by atoms with Gasteiger partial charge in [-0.2, -0.15) is 0 Å². The molecule has 0 heterocycles. The van der Waals surface area contributed by atoms with Crippen LogP contribution in [0.4, 0.5) is 0 Å². The molecule has 1 aliphatic carbocycles. The molecular weight excluding hydrogens is 134 g/mol. The van der Waals surface area contributed by atoms with Crippen molar-refractivity contribution < 1.29 is 0 Å². The first-order valence-corrected chi connectivity index (χ1v) is 4.44. The Labute approximate surface area is 69.7 Å². The summed E-state index contributed by atoms with van der Waals surface area (Å²) in [5.74, 6) is 0.766. The molecule has 1 nitrogen and oxygen atoms in total. The van der Waals surface area contributed by atoms with Crippen LogP contribution in [0.1, 0.15) is 33.1 Å². The quantitative estimate of drug-likeness (QED) is 0.616. The zero-order valence-electron chi connectivity index (χ0n) is 7.64.